The molecule has 1 N–H and O–H groups in total. The maximum atomic E-state index is 12.6. The van der Waals surface area contributed by atoms with Crippen molar-refractivity contribution in [1.82, 2.24) is 9.55 Å². The minimum absolute atomic E-state index is 0.0659. The van der Waals surface area contributed by atoms with Crippen LogP contribution in [0.15, 0.2) is 53.6 Å². The Bertz CT molecular complexity index is 1050. The fourth-order valence-corrected chi connectivity index (χ4v) is 3.65. The molecule has 2 heterocycles. The lowest BCUT2D eigenvalue weighted by Crippen LogP contribution is -2.29. The van der Waals surface area contributed by atoms with Crippen molar-refractivity contribution in [1.29, 1.82) is 0 Å². The van der Waals surface area contributed by atoms with E-state index in [9.17, 15) is 9.59 Å². The second-order valence-corrected chi connectivity index (χ2v) is 7.34. The molecule has 144 valence electrons. The number of aromatic nitrogens is 2. The molecule has 0 spiro atoms. The standard InChI is InChI=1S/C22H24N4O2/c1-16-5-10-20-19(13-16)22(28)26(15-23-20)14-21(27)24-17-6-8-18(9-7-17)25-11-3-2-4-12-25/h5-10,13,15H,2-4,11-12,14H2,1H3,(H,24,27). The molecule has 6 heteroatoms. The van der Waals surface area contributed by atoms with Crippen molar-refractivity contribution in [3.8, 4) is 0 Å². The lowest BCUT2D eigenvalue weighted by Gasteiger charge is -2.28. The Morgan fingerprint density at radius 1 is 1.07 bits per heavy atom. The molecule has 1 fully saturated rings. The number of anilines is 2. The van der Waals surface area contributed by atoms with Gasteiger partial charge < -0.3 is 10.2 Å². The minimum atomic E-state index is -0.248. The van der Waals surface area contributed by atoms with Crippen molar-refractivity contribution in [3.63, 3.8) is 0 Å². The highest BCUT2D eigenvalue weighted by Gasteiger charge is 2.12. The van der Waals surface area contributed by atoms with Crippen molar-refractivity contribution >= 4 is 28.2 Å². The molecule has 3 aromatic rings. The van der Waals surface area contributed by atoms with Crippen molar-refractivity contribution in [2.75, 3.05) is 23.3 Å². The number of hydrogen-bond donors (Lipinski definition) is 1. The van der Waals surface area contributed by atoms with Crippen LogP contribution in [0.5, 0.6) is 0 Å². The Labute approximate surface area is 163 Å². The average Bonchev–Trinajstić information content (AvgIpc) is 2.72. The highest BCUT2D eigenvalue weighted by molar-refractivity contribution is 5.91. The summed E-state index contributed by atoms with van der Waals surface area (Å²) in [5.41, 5.74) is 3.33. The van der Waals surface area contributed by atoms with Crippen molar-refractivity contribution in [3.05, 3.63) is 64.7 Å². The SMILES string of the molecule is Cc1ccc2ncn(CC(=O)Nc3ccc(N4CCCCC4)cc3)c(=O)c2c1. The lowest BCUT2D eigenvalue weighted by molar-refractivity contribution is -0.116. The van der Waals surface area contributed by atoms with Gasteiger partial charge in [-0.15, -0.1) is 0 Å². The summed E-state index contributed by atoms with van der Waals surface area (Å²) >= 11 is 0. The van der Waals surface area contributed by atoms with E-state index in [-0.39, 0.29) is 18.0 Å². The number of rotatable bonds is 4. The molecule has 0 bridgehead atoms. The van der Waals surface area contributed by atoms with Gasteiger partial charge in [-0.05, 0) is 62.6 Å². The molecular weight excluding hydrogens is 352 g/mol. The monoisotopic (exact) mass is 376 g/mol. The number of aryl methyl sites for hydroxylation is 1. The Kier molecular flexibility index (Phi) is 5.10. The van der Waals surface area contributed by atoms with E-state index in [0.717, 1.165) is 24.3 Å². The van der Waals surface area contributed by atoms with Crippen molar-refractivity contribution < 1.29 is 4.79 Å². The molecule has 1 amide bonds. The predicted octanol–water partition coefficient (Wildman–Crippen LogP) is 3.33. The van der Waals surface area contributed by atoms with Gasteiger partial charge in [0.1, 0.15) is 6.54 Å². The minimum Gasteiger partial charge on any atom is -0.372 e. The smallest absolute Gasteiger partial charge is 0.261 e. The third-order valence-electron chi connectivity index (χ3n) is 5.17. The number of nitrogens with zero attached hydrogens (tertiary/aromatic N) is 3. The van der Waals surface area contributed by atoms with E-state index < -0.39 is 0 Å². The van der Waals surface area contributed by atoms with Crippen LogP contribution in [-0.2, 0) is 11.3 Å². The quantitative estimate of drug-likeness (QED) is 0.758. The van der Waals surface area contributed by atoms with Crippen LogP contribution in [0.4, 0.5) is 11.4 Å². The number of benzene rings is 2. The van der Waals surface area contributed by atoms with E-state index in [4.69, 9.17) is 0 Å². The number of nitrogens with one attached hydrogen (secondary N) is 1. The number of carbonyl (C=O) groups excluding carboxylic acids is 1. The highest BCUT2D eigenvalue weighted by atomic mass is 16.2. The molecular formula is C22H24N4O2. The van der Waals surface area contributed by atoms with Crippen molar-refractivity contribution in [2.45, 2.75) is 32.7 Å². The fraction of sp³-hybridized carbons (Fsp3) is 0.318. The van der Waals surface area contributed by atoms with Gasteiger partial charge in [0.05, 0.1) is 17.2 Å². The molecule has 0 aliphatic carbocycles. The Morgan fingerprint density at radius 3 is 2.57 bits per heavy atom. The highest BCUT2D eigenvalue weighted by Crippen LogP contribution is 2.21. The molecule has 1 aliphatic heterocycles. The van der Waals surface area contributed by atoms with Gasteiger partial charge in [0, 0.05) is 24.5 Å². The second kappa shape index (κ2) is 7.84. The van der Waals surface area contributed by atoms with Crippen LogP contribution in [0.1, 0.15) is 24.8 Å². The van der Waals surface area contributed by atoms with E-state index in [1.54, 1.807) is 6.07 Å². The van der Waals surface area contributed by atoms with Gasteiger partial charge in [-0.2, -0.15) is 0 Å². The zero-order valence-corrected chi connectivity index (χ0v) is 16.0. The van der Waals surface area contributed by atoms with Crippen LogP contribution in [-0.4, -0.2) is 28.5 Å². The van der Waals surface area contributed by atoms with E-state index in [1.807, 2.05) is 43.3 Å². The van der Waals surface area contributed by atoms with Crippen LogP contribution >= 0.6 is 0 Å². The third kappa shape index (κ3) is 3.91. The van der Waals surface area contributed by atoms with Gasteiger partial charge in [-0.3, -0.25) is 14.2 Å². The topological polar surface area (TPSA) is 67.2 Å². The summed E-state index contributed by atoms with van der Waals surface area (Å²) in [4.78, 5) is 31.7. The van der Waals surface area contributed by atoms with E-state index in [1.165, 1.54) is 35.8 Å². The maximum Gasteiger partial charge on any atom is 0.261 e. The molecule has 4 rings (SSSR count). The first-order valence-electron chi connectivity index (χ1n) is 9.71. The van der Waals surface area contributed by atoms with E-state index in [2.05, 4.69) is 15.2 Å². The summed E-state index contributed by atoms with van der Waals surface area (Å²) in [5, 5.41) is 3.39. The summed E-state index contributed by atoms with van der Waals surface area (Å²) in [7, 11) is 0. The van der Waals surface area contributed by atoms with Gasteiger partial charge >= 0.3 is 0 Å². The summed E-state index contributed by atoms with van der Waals surface area (Å²) in [6.45, 7) is 4.03. The van der Waals surface area contributed by atoms with E-state index in [0.29, 0.717) is 10.9 Å². The maximum absolute atomic E-state index is 12.6. The Balaban J connectivity index is 1.45. The summed E-state index contributed by atoms with van der Waals surface area (Å²) in [6, 6.07) is 13.4. The second-order valence-electron chi connectivity index (χ2n) is 7.34. The molecule has 0 radical (unpaired) electrons. The average molecular weight is 376 g/mol. The van der Waals surface area contributed by atoms with E-state index >= 15 is 0 Å². The first-order valence-corrected chi connectivity index (χ1v) is 9.71. The number of amides is 1. The predicted molar refractivity (Wildman–Crippen MR) is 112 cm³/mol. The molecule has 1 aromatic heterocycles. The zero-order chi connectivity index (χ0) is 19.5. The Hall–Kier alpha value is -3.15. The summed E-state index contributed by atoms with van der Waals surface area (Å²) in [5.74, 6) is -0.248. The largest absolute Gasteiger partial charge is 0.372 e. The molecule has 2 aromatic carbocycles. The van der Waals surface area contributed by atoms with Crippen LogP contribution in [0.3, 0.4) is 0 Å². The normalized spacial score (nSPS) is 14.2. The van der Waals surface area contributed by atoms with Gasteiger partial charge in [0.15, 0.2) is 0 Å². The number of carbonyl (C=O) groups is 1. The molecule has 0 atom stereocenters. The van der Waals surface area contributed by atoms with Crippen LogP contribution in [0.25, 0.3) is 10.9 Å². The van der Waals surface area contributed by atoms with Crippen molar-refractivity contribution in [2.24, 2.45) is 0 Å². The number of fused-ring (bicyclic) bond motifs is 1. The molecule has 1 saturated heterocycles. The van der Waals surface area contributed by atoms with Gasteiger partial charge in [-0.25, -0.2) is 4.98 Å². The van der Waals surface area contributed by atoms with Crippen LogP contribution < -0.4 is 15.8 Å². The summed E-state index contributed by atoms with van der Waals surface area (Å²) in [6.07, 6.45) is 5.19. The summed E-state index contributed by atoms with van der Waals surface area (Å²) < 4.78 is 1.35. The molecule has 1 aliphatic rings. The van der Waals surface area contributed by atoms with Crippen LogP contribution in [0.2, 0.25) is 0 Å². The molecule has 0 saturated carbocycles. The first-order chi connectivity index (χ1) is 13.6. The number of hydrogen-bond acceptors (Lipinski definition) is 4. The molecule has 0 unspecified atom stereocenters. The zero-order valence-electron chi connectivity index (χ0n) is 16.0. The first kappa shape index (κ1) is 18.2. The third-order valence-corrected chi connectivity index (χ3v) is 5.17. The van der Waals surface area contributed by atoms with Gasteiger partial charge in [0.2, 0.25) is 5.91 Å². The fourth-order valence-electron chi connectivity index (χ4n) is 3.65. The van der Waals surface area contributed by atoms with Crippen LogP contribution in [0, 0.1) is 6.92 Å². The molecule has 6 nitrogen and oxygen atoms in total. The lowest BCUT2D eigenvalue weighted by atomic mass is 10.1. The molecule has 28 heavy (non-hydrogen) atoms. The number of piperidine rings is 1. The van der Waals surface area contributed by atoms with Gasteiger partial charge in [-0.1, -0.05) is 11.6 Å². The van der Waals surface area contributed by atoms with Gasteiger partial charge in [0.25, 0.3) is 5.56 Å². The Morgan fingerprint density at radius 2 is 1.82 bits per heavy atom.